The summed E-state index contributed by atoms with van der Waals surface area (Å²) in [5, 5.41) is 9.72. The number of piperazine rings is 1. The van der Waals surface area contributed by atoms with Crippen LogP contribution >= 0.6 is 37.2 Å². The van der Waals surface area contributed by atoms with Crippen molar-refractivity contribution >= 4 is 66.8 Å². The van der Waals surface area contributed by atoms with Gasteiger partial charge in [0.1, 0.15) is 5.82 Å². The summed E-state index contributed by atoms with van der Waals surface area (Å²) in [7, 11) is 0. The number of carbonyl (C=O) groups is 2. The molecule has 1 atom stereocenters. The number of ether oxygens (including phenoxy) is 1. The molecule has 1 aliphatic carbocycles. The van der Waals surface area contributed by atoms with E-state index in [9.17, 15) is 9.59 Å². The molecule has 5 rings (SSSR count). The van der Waals surface area contributed by atoms with E-state index in [2.05, 4.69) is 31.4 Å². The summed E-state index contributed by atoms with van der Waals surface area (Å²) >= 11 is 0. The largest absolute Gasteiger partial charge is 0.466 e. The molecule has 0 bridgehead atoms. The molecule has 1 aliphatic heterocycles. The molecular weight excluding hydrogens is 597 g/mol. The number of aromatic nitrogens is 1. The zero-order valence-electron chi connectivity index (χ0n) is 23.6. The maximum atomic E-state index is 12.9. The average Bonchev–Trinajstić information content (AvgIpc) is 2.97. The number of anilines is 2. The van der Waals surface area contributed by atoms with Crippen molar-refractivity contribution in [1.29, 1.82) is 0 Å². The highest BCUT2D eigenvalue weighted by Crippen LogP contribution is 2.30. The Bertz CT molecular complexity index is 1320. The summed E-state index contributed by atoms with van der Waals surface area (Å²) in [6, 6.07) is 19.5. The highest BCUT2D eigenvalue weighted by molar-refractivity contribution is 6.04. The zero-order valence-corrected chi connectivity index (χ0v) is 26.1. The van der Waals surface area contributed by atoms with Crippen molar-refractivity contribution in [3.63, 3.8) is 0 Å². The Morgan fingerprint density at radius 2 is 1.76 bits per heavy atom. The van der Waals surface area contributed by atoms with Gasteiger partial charge in [0.2, 0.25) is 0 Å². The fourth-order valence-electron chi connectivity index (χ4n) is 5.19. The number of nitrogens with one attached hydrogen (secondary N) is 1. The third-order valence-corrected chi connectivity index (χ3v) is 7.33. The molecule has 1 amide bonds. The summed E-state index contributed by atoms with van der Waals surface area (Å²) in [5.74, 6) is 1.00. The molecule has 1 unspecified atom stereocenters. The molecule has 226 valence electrons. The second kappa shape index (κ2) is 16.9. The van der Waals surface area contributed by atoms with Crippen LogP contribution in [0, 0.1) is 5.92 Å². The molecule has 2 heterocycles. The van der Waals surface area contributed by atoms with E-state index in [0.717, 1.165) is 62.5 Å². The van der Waals surface area contributed by atoms with Gasteiger partial charge in [-0.2, -0.15) is 5.10 Å². The van der Waals surface area contributed by atoms with Crippen LogP contribution in [0.15, 0.2) is 72.0 Å². The minimum Gasteiger partial charge on any atom is -0.466 e. The minimum atomic E-state index is -0.150. The molecule has 3 aromatic rings. The van der Waals surface area contributed by atoms with Crippen LogP contribution in [-0.4, -0.2) is 60.9 Å². The van der Waals surface area contributed by atoms with Gasteiger partial charge in [-0.25, -0.2) is 4.98 Å². The van der Waals surface area contributed by atoms with E-state index < -0.39 is 0 Å². The van der Waals surface area contributed by atoms with Crippen molar-refractivity contribution in [3.8, 4) is 0 Å². The maximum Gasteiger partial charge on any atom is 0.306 e. The average molecular weight is 635 g/mol. The number of hydrogen-bond donors (Lipinski definition) is 1. The minimum absolute atomic E-state index is 0. The molecule has 0 saturated carbocycles. The van der Waals surface area contributed by atoms with Crippen LogP contribution in [0.4, 0.5) is 11.5 Å². The molecule has 1 fully saturated rings. The normalized spacial score (nSPS) is 15.9. The summed E-state index contributed by atoms with van der Waals surface area (Å²) in [6.45, 7) is 5.66. The summed E-state index contributed by atoms with van der Waals surface area (Å²) in [6.07, 6.45) is 6.85. The van der Waals surface area contributed by atoms with Crippen molar-refractivity contribution in [2.45, 2.75) is 32.6 Å². The predicted molar refractivity (Wildman–Crippen MR) is 175 cm³/mol. The molecule has 8 nitrogen and oxygen atoms in total. The highest BCUT2D eigenvalue weighted by Gasteiger charge is 2.22. The molecule has 1 saturated heterocycles. The molecule has 1 N–H and O–H groups in total. The van der Waals surface area contributed by atoms with Gasteiger partial charge in [0.05, 0.1) is 25.9 Å². The van der Waals surface area contributed by atoms with E-state index in [1.165, 1.54) is 11.1 Å². The first-order chi connectivity index (χ1) is 19.1. The first-order valence-corrected chi connectivity index (χ1v) is 13.7. The third-order valence-electron chi connectivity index (χ3n) is 7.33. The van der Waals surface area contributed by atoms with Gasteiger partial charge in [-0.15, -0.1) is 37.2 Å². The SMILES string of the molecule is CCOC(=O)CC1CCc2ccc(NC(=O)c3ccc(/C=N/N4CCN(c5ccccn5)CC4)cc3)cc2C1.Cl.Cl.Cl. The van der Waals surface area contributed by atoms with Crippen LogP contribution in [0.1, 0.15) is 46.8 Å². The number of nitrogens with zero attached hydrogens (tertiary/aromatic N) is 4. The first-order valence-electron chi connectivity index (χ1n) is 13.7. The Balaban J connectivity index is 0.00000205. The van der Waals surface area contributed by atoms with E-state index >= 15 is 0 Å². The predicted octanol–water partition coefficient (Wildman–Crippen LogP) is 5.81. The van der Waals surface area contributed by atoms with E-state index in [-0.39, 0.29) is 55.0 Å². The lowest BCUT2D eigenvalue weighted by Gasteiger charge is -2.33. The number of esters is 1. The van der Waals surface area contributed by atoms with Gasteiger partial charge in [0.25, 0.3) is 5.91 Å². The fraction of sp³-hybridized carbons (Fsp3) is 0.355. The first kappa shape index (κ1) is 34.9. The van der Waals surface area contributed by atoms with Crippen molar-refractivity contribution in [1.82, 2.24) is 9.99 Å². The molecule has 2 aliphatic rings. The van der Waals surface area contributed by atoms with Crippen molar-refractivity contribution in [3.05, 3.63) is 89.1 Å². The lowest BCUT2D eigenvalue weighted by atomic mass is 9.82. The van der Waals surface area contributed by atoms with Gasteiger partial charge < -0.3 is 15.0 Å². The second-order valence-electron chi connectivity index (χ2n) is 10.1. The van der Waals surface area contributed by atoms with E-state index in [0.29, 0.717) is 18.6 Å². The molecule has 2 aromatic carbocycles. The van der Waals surface area contributed by atoms with Gasteiger partial charge in [-0.1, -0.05) is 24.3 Å². The Labute approximate surface area is 266 Å². The molecule has 11 heteroatoms. The van der Waals surface area contributed by atoms with Gasteiger partial charge >= 0.3 is 5.97 Å². The quantitative estimate of drug-likeness (QED) is 0.249. The zero-order chi connectivity index (χ0) is 27.0. The number of benzene rings is 2. The number of hydrogen-bond acceptors (Lipinski definition) is 7. The monoisotopic (exact) mass is 633 g/mol. The number of pyridine rings is 1. The molecule has 1 aromatic heterocycles. The molecule has 0 spiro atoms. The smallest absolute Gasteiger partial charge is 0.306 e. The van der Waals surface area contributed by atoms with Crippen LogP contribution in [0.3, 0.4) is 0 Å². The van der Waals surface area contributed by atoms with Gasteiger partial charge in [0, 0.05) is 37.0 Å². The lowest BCUT2D eigenvalue weighted by Crippen LogP contribution is -2.44. The van der Waals surface area contributed by atoms with Crippen molar-refractivity contribution in [2.75, 3.05) is 43.0 Å². The molecule has 0 radical (unpaired) electrons. The van der Waals surface area contributed by atoms with Gasteiger partial charge in [-0.3, -0.25) is 14.6 Å². The second-order valence-corrected chi connectivity index (χ2v) is 10.1. The summed E-state index contributed by atoms with van der Waals surface area (Å²) in [5.41, 5.74) is 4.79. The number of amides is 1. The Morgan fingerprint density at radius 1 is 1.00 bits per heavy atom. The Kier molecular flexibility index (Phi) is 14.1. The summed E-state index contributed by atoms with van der Waals surface area (Å²) in [4.78, 5) is 31.5. The number of carbonyl (C=O) groups excluding carboxylic acids is 2. The van der Waals surface area contributed by atoms with Crippen molar-refractivity contribution < 1.29 is 14.3 Å². The summed E-state index contributed by atoms with van der Waals surface area (Å²) < 4.78 is 5.12. The Morgan fingerprint density at radius 3 is 2.45 bits per heavy atom. The van der Waals surface area contributed by atoms with Gasteiger partial charge in [-0.05, 0) is 85.2 Å². The molecule has 42 heavy (non-hydrogen) atoms. The standard InChI is InChI=1S/C31H35N5O3.3ClH/c1-2-39-30(37)20-24-8-9-25-12-13-28(21-27(25)19-24)34-31(38)26-10-6-23(7-11-26)22-33-36-17-15-35(16-18-36)29-5-3-4-14-32-29;;;/h3-7,10-14,21-22,24H,2,8-9,15-20H2,1H3,(H,34,38);3*1H/b33-22+;;;. The van der Waals surface area contributed by atoms with E-state index in [4.69, 9.17) is 4.74 Å². The van der Waals surface area contributed by atoms with Crippen LogP contribution in [0.5, 0.6) is 0 Å². The number of aryl methyl sites for hydroxylation is 1. The fourth-order valence-corrected chi connectivity index (χ4v) is 5.19. The van der Waals surface area contributed by atoms with Crippen LogP contribution in [0.2, 0.25) is 0 Å². The maximum absolute atomic E-state index is 12.9. The number of hydrazone groups is 1. The Hall–Kier alpha value is -3.33. The lowest BCUT2D eigenvalue weighted by molar-refractivity contribution is -0.144. The van der Waals surface area contributed by atoms with E-state index in [1.54, 1.807) is 0 Å². The van der Waals surface area contributed by atoms with Crippen LogP contribution in [-0.2, 0) is 22.4 Å². The van der Waals surface area contributed by atoms with Crippen LogP contribution < -0.4 is 10.2 Å². The van der Waals surface area contributed by atoms with Crippen molar-refractivity contribution in [2.24, 2.45) is 11.0 Å². The number of fused-ring (bicyclic) bond motifs is 1. The van der Waals surface area contributed by atoms with E-state index in [1.807, 2.05) is 73.9 Å². The van der Waals surface area contributed by atoms with Gasteiger partial charge in [0.15, 0.2) is 0 Å². The number of halogens is 3. The topological polar surface area (TPSA) is 87.1 Å². The van der Waals surface area contributed by atoms with Crippen LogP contribution in [0.25, 0.3) is 0 Å². The molecular formula is C31H38Cl3N5O3. The highest BCUT2D eigenvalue weighted by atomic mass is 35.5. The number of rotatable bonds is 8. The third kappa shape index (κ3) is 9.34.